The Kier molecular flexibility index (Phi) is 4.08. The lowest BCUT2D eigenvalue weighted by molar-refractivity contribution is -0.145. The number of imide groups is 1. The van der Waals surface area contributed by atoms with E-state index < -0.39 is 5.60 Å². The van der Waals surface area contributed by atoms with Gasteiger partial charge in [0.2, 0.25) is 11.8 Å². The van der Waals surface area contributed by atoms with Crippen LogP contribution in [0.1, 0.15) is 64.7 Å². The molecule has 1 heterocycles. The van der Waals surface area contributed by atoms with Crippen molar-refractivity contribution < 1.29 is 14.7 Å². The molecular formula is C17H27NO3. The van der Waals surface area contributed by atoms with Gasteiger partial charge in [0.1, 0.15) is 0 Å². The van der Waals surface area contributed by atoms with Crippen LogP contribution in [0.4, 0.5) is 0 Å². The first-order valence-corrected chi connectivity index (χ1v) is 8.61. The molecule has 1 saturated heterocycles. The van der Waals surface area contributed by atoms with Crippen molar-refractivity contribution in [3.8, 4) is 0 Å². The van der Waals surface area contributed by atoms with Gasteiger partial charge >= 0.3 is 0 Å². The van der Waals surface area contributed by atoms with Crippen molar-refractivity contribution in [2.45, 2.75) is 70.3 Å². The Morgan fingerprint density at radius 2 is 1.57 bits per heavy atom. The zero-order chi connectivity index (χ0) is 15.0. The van der Waals surface area contributed by atoms with Crippen LogP contribution >= 0.6 is 0 Å². The molecule has 0 bridgehead atoms. The zero-order valence-electron chi connectivity index (χ0n) is 13.0. The molecule has 0 aromatic rings. The number of β-amino-alcohol motifs (C(OH)–C–C–N with tert-alkyl or cyclic N) is 1. The van der Waals surface area contributed by atoms with E-state index in [4.69, 9.17) is 0 Å². The van der Waals surface area contributed by atoms with E-state index in [0.29, 0.717) is 5.92 Å². The van der Waals surface area contributed by atoms with Gasteiger partial charge in [-0.25, -0.2) is 0 Å². The van der Waals surface area contributed by atoms with Gasteiger partial charge in [0.05, 0.1) is 24.0 Å². The minimum absolute atomic E-state index is 0.0178. The second-order valence-electron chi connectivity index (χ2n) is 7.34. The highest BCUT2D eigenvalue weighted by Crippen LogP contribution is 2.40. The molecule has 4 heteroatoms. The Morgan fingerprint density at radius 1 is 1.05 bits per heavy atom. The molecule has 0 aromatic heterocycles. The van der Waals surface area contributed by atoms with Crippen LogP contribution in [-0.4, -0.2) is 34.0 Å². The summed E-state index contributed by atoms with van der Waals surface area (Å²) in [7, 11) is 0. The summed E-state index contributed by atoms with van der Waals surface area (Å²) < 4.78 is 0. The Bertz CT molecular complexity index is 402. The second-order valence-corrected chi connectivity index (χ2v) is 7.34. The number of nitrogens with zero attached hydrogens (tertiary/aromatic N) is 1. The third-order valence-corrected chi connectivity index (χ3v) is 6.00. The average Bonchev–Trinajstić information content (AvgIpc) is 2.74. The highest BCUT2D eigenvalue weighted by Gasteiger charge is 2.50. The van der Waals surface area contributed by atoms with Gasteiger partial charge in [-0.1, -0.05) is 26.2 Å². The molecule has 4 nitrogen and oxygen atoms in total. The molecule has 1 aliphatic heterocycles. The molecule has 21 heavy (non-hydrogen) atoms. The summed E-state index contributed by atoms with van der Waals surface area (Å²) in [5, 5.41) is 10.8. The summed E-state index contributed by atoms with van der Waals surface area (Å²) in [6.45, 7) is 2.42. The molecule has 0 spiro atoms. The maximum absolute atomic E-state index is 12.5. The smallest absolute Gasteiger partial charge is 0.233 e. The van der Waals surface area contributed by atoms with E-state index in [0.717, 1.165) is 57.8 Å². The molecule has 0 aromatic carbocycles. The molecular weight excluding hydrogens is 266 g/mol. The van der Waals surface area contributed by atoms with Gasteiger partial charge in [-0.3, -0.25) is 14.5 Å². The molecule has 3 rings (SSSR count). The van der Waals surface area contributed by atoms with Gasteiger partial charge in [-0.15, -0.1) is 0 Å². The van der Waals surface area contributed by atoms with Crippen LogP contribution in [0.3, 0.4) is 0 Å². The lowest BCUT2D eigenvalue weighted by Crippen LogP contribution is -2.48. The summed E-state index contributed by atoms with van der Waals surface area (Å²) in [6.07, 6.45) is 8.42. The third kappa shape index (κ3) is 2.75. The van der Waals surface area contributed by atoms with E-state index >= 15 is 0 Å². The number of aliphatic hydroxyl groups is 1. The molecule has 2 amide bonds. The van der Waals surface area contributed by atoms with Crippen LogP contribution in [0.25, 0.3) is 0 Å². The number of hydrogen-bond donors (Lipinski definition) is 1. The molecule has 2 saturated carbocycles. The number of rotatable bonds is 3. The maximum Gasteiger partial charge on any atom is 0.233 e. The second kappa shape index (κ2) is 5.71. The zero-order valence-corrected chi connectivity index (χ0v) is 13.0. The van der Waals surface area contributed by atoms with Gasteiger partial charge < -0.3 is 5.11 Å². The van der Waals surface area contributed by atoms with E-state index in [9.17, 15) is 14.7 Å². The van der Waals surface area contributed by atoms with Crippen molar-refractivity contribution in [3.63, 3.8) is 0 Å². The Hall–Kier alpha value is -0.900. The summed E-state index contributed by atoms with van der Waals surface area (Å²) in [6, 6.07) is 0. The van der Waals surface area contributed by atoms with E-state index in [-0.39, 0.29) is 30.2 Å². The van der Waals surface area contributed by atoms with Crippen molar-refractivity contribution in [2.24, 2.45) is 17.8 Å². The average molecular weight is 293 g/mol. The van der Waals surface area contributed by atoms with Gasteiger partial charge in [-0.05, 0) is 44.4 Å². The maximum atomic E-state index is 12.5. The predicted octanol–water partition coefficient (Wildman–Crippen LogP) is 2.49. The minimum atomic E-state index is -0.843. The first kappa shape index (κ1) is 15.0. The molecule has 1 N–H and O–H groups in total. The van der Waals surface area contributed by atoms with Gasteiger partial charge in [0.15, 0.2) is 0 Å². The molecule has 2 atom stereocenters. The quantitative estimate of drug-likeness (QED) is 0.813. The fraction of sp³-hybridized carbons (Fsp3) is 0.882. The molecule has 3 aliphatic rings. The molecule has 2 aliphatic carbocycles. The number of carbonyl (C=O) groups is 2. The molecule has 118 valence electrons. The number of amides is 2. The fourth-order valence-corrected chi connectivity index (χ4v) is 4.46. The largest absolute Gasteiger partial charge is 0.388 e. The molecule has 0 radical (unpaired) electrons. The lowest BCUT2D eigenvalue weighted by atomic mass is 9.77. The number of hydrogen-bond acceptors (Lipinski definition) is 3. The van der Waals surface area contributed by atoms with Crippen LogP contribution in [0.15, 0.2) is 0 Å². The van der Waals surface area contributed by atoms with Crippen molar-refractivity contribution in [1.29, 1.82) is 0 Å². The highest BCUT2D eigenvalue weighted by atomic mass is 16.3. The molecule has 3 fully saturated rings. The first-order chi connectivity index (χ1) is 10.0. The van der Waals surface area contributed by atoms with E-state index in [1.807, 2.05) is 0 Å². The monoisotopic (exact) mass is 293 g/mol. The number of likely N-dealkylation sites (tertiary alicyclic amines) is 1. The summed E-state index contributed by atoms with van der Waals surface area (Å²) in [4.78, 5) is 26.4. The Labute approximate surface area is 126 Å². The van der Waals surface area contributed by atoms with Gasteiger partial charge in [0.25, 0.3) is 0 Å². The van der Waals surface area contributed by atoms with Crippen molar-refractivity contribution in [2.75, 3.05) is 6.54 Å². The Morgan fingerprint density at radius 3 is 2.05 bits per heavy atom. The highest BCUT2D eigenvalue weighted by molar-refractivity contribution is 6.05. The first-order valence-electron chi connectivity index (χ1n) is 8.61. The van der Waals surface area contributed by atoms with E-state index in [2.05, 4.69) is 6.92 Å². The van der Waals surface area contributed by atoms with Crippen molar-refractivity contribution in [1.82, 2.24) is 4.90 Å². The normalized spacial score (nSPS) is 40.5. The van der Waals surface area contributed by atoms with Crippen LogP contribution in [0, 0.1) is 17.8 Å². The Balaban J connectivity index is 1.67. The van der Waals surface area contributed by atoms with Crippen LogP contribution in [-0.2, 0) is 9.59 Å². The summed E-state index contributed by atoms with van der Waals surface area (Å²) in [5.74, 6) is 0.466. The third-order valence-electron chi connectivity index (χ3n) is 6.00. The lowest BCUT2D eigenvalue weighted by Gasteiger charge is -2.37. The van der Waals surface area contributed by atoms with Crippen molar-refractivity contribution in [3.05, 3.63) is 0 Å². The SMILES string of the molecule is CCC1CCC(O)(CN2C(=O)C3CCCCC3C2=O)CC1. The molecule has 2 unspecified atom stereocenters. The van der Waals surface area contributed by atoms with Gasteiger partial charge in [0, 0.05) is 0 Å². The summed E-state index contributed by atoms with van der Waals surface area (Å²) >= 11 is 0. The fourth-order valence-electron chi connectivity index (χ4n) is 4.46. The summed E-state index contributed by atoms with van der Waals surface area (Å²) in [5.41, 5.74) is -0.843. The van der Waals surface area contributed by atoms with Crippen molar-refractivity contribution >= 4 is 11.8 Å². The topological polar surface area (TPSA) is 57.6 Å². The predicted molar refractivity (Wildman–Crippen MR) is 79.4 cm³/mol. The minimum Gasteiger partial charge on any atom is -0.388 e. The van der Waals surface area contributed by atoms with E-state index in [1.54, 1.807) is 0 Å². The number of fused-ring (bicyclic) bond motifs is 1. The standard InChI is InChI=1S/C17H27NO3/c1-2-12-7-9-17(21,10-8-12)11-18-15(19)13-5-3-4-6-14(13)16(18)20/h12-14,21H,2-11H2,1H3. The van der Waals surface area contributed by atoms with E-state index in [1.165, 1.54) is 4.90 Å². The van der Waals surface area contributed by atoms with Crippen LogP contribution in [0.5, 0.6) is 0 Å². The number of carbonyl (C=O) groups excluding carboxylic acids is 2. The van der Waals surface area contributed by atoms with Crippen LogP contribution in [0.2, 0.25) is 0 Å². The van der Waals surface area contributed by atoms with Gasteiger partial charge in [-0.2, -0.15) is 0 Å². The van der Waals surface area contributed by atoms with Crippen LogP contribution < -0.4 is 0 Å².